The topological polar surface area (TPSA) is 71.9 Å². The highest BCUT2D eigenvalue weighted by Gasteiger charge is 2.36. The van der Waals surface area contributed by atoms with Gasteiger partial charge in [0.15, 0.2) is 0 Å². The van der Waals surface area contributed by atoms with E-state index >= 15 is 0 Å². The van der Waals surface area contributed by atoms with E-state index in [0.717, 1.165) is 41.3 Å². The van der Waals surface area contributed by atoms with Gasteiger partial charge >= 0.3 is 12.0 Å². The van der Waals surface area contributed by atoms with Crippen molar-refractivity contribution in [3.8, 4) is 0 Å². The molecule has 0 saturated carbocycles. The average Bonchev–Trinajstić information content (AvgIpc) is 2.64. The summed E-state index contributed by atoms with van der Waals surface area (Å²) in [6.45, 7) is 8.80. The molecule has 2 amide bonds. The molecule has 1 aromatic rings. The minimum Gasteiger partial charge on any atom is -0.463 e. The lowest BCUT2D eigenvalue weighted by Gasteiger charge is -2.32. The van der Waals surface area contributed by atoms with Gasteiger partial charge in [-0.1, -0.05) is 23.8 Å². The summed E-state index contributed by atoms with van der Waals surface area (Å²) in [6.07, 6.45) is 0. The summed E-state index contributed by atoms with van der Waals surface area (Å²) in [5, 5.41) is 5.82. The molecule has 0 radical (unpaired) electrons. The zero-order chi connectivity index (χ0) is 19.4. The van der Waals surface area contributed by atoms with E-state index in [0.29, 0.717) is 24.4 Å². The highest BCUT2D eigenvalue weighted by molar-refractivity contribution is 7.99. The molecular formula is C20H28N3O3S+. The first-order valence-electron chi connectivity index (χ1n) is 9.45. The van der Waals surface area contributed by atoms with E-state index in [9.17, 15) is 9.59 Å². The van der Waals surface area contributed by atoms with E-state index in [1.54, 1.807) is 6.92 Å². The minimum atomic E-state index is -0.494. The molecule has 146 valence electrons. The predicted octanol–water partition coefficient (Wildman–Crippen LogP) is 1.11. The van der Waals surface area contributed by atoms with Crippen LogP contribution >= 0.6 is 11.8 Å². The van der Waals surface area contributed by atoms with Gasteiger partial charge in [-0.3, -0.25) is 0 Å². The molecule has 7 heteroatoms. The third kappa shape index (κ3) is 4.65. The highest BCUT2D eigenvalue weighted by Crippen LogP contribution is 2.30. The molecule has 1 aromatic carbocycles. The van der Waals surface area contributed by atoms with Crippen LogP contribution in [0.3, 0.4) is 0 Å². The Kier molecular flexibility index (Phi) is 6.44. The molecule has 0 aliphatic carbocycles. The molecule has 3 N–H and O–H groups in total. The molecule has 0 unspecified atom stereocenters. The quantitative estimate of drug-likeness (QED) is 0.659. The van der Waals surface area contributed by atoms with Crippen LogP contribution in [-0.2, 0) is 9.53 Å². The van der Waals surface area contributed by atoms with E-state index in [1.807, 2.05) is 43.8 Å². The second kappa shape index (κ2) is 8.80. The van der Waals surface area contributed by atoms with Crippen LogP contribution in [0.5, 0.6) is 0 Å². The van der Waals surface area contributed by atoms with Crippen molar-refractivity contribution in [3.63, 3.8) is 0 Å². The lowest BCUT2D eigenvalue weighted by molar-refractivity contribution is -0.891. The molecule has 1 fully saturated rings. The molecule has 0 aromatic heterocycles. The SMILES string of the molecule is CCOC(=O)C1=C(C[NH+]2CCSCC2)NC(=O)N[C@@H]1c1cc(C)ccc1C. The molecule has 6 nitrogen and oxygen atoms in total. The smallest absolute Gasteiger partial charge is 0.338 e. The van der Waals surface area contributed by atoms with E-state index in [1.165, 1.54) is 4.90 Å². The number of benzene rings is 1. The number of aryl methyl sites for hydroxylation is 2. The Hall–Kier alpha value is -1.99. The molecule has 0 spiro atoms. The lowest BCUT2D eigenvalue weighted by atomic mass is 9.91. The molecule has 0 bridgehead atoms. The maximum Gasteiger partial charge on any atom is 0.338 e. The lowest BCUT2D eigenvalue weighted by Crippen LogP contribution is -3.14. The number of esters is 1. The van der Waals surface area contributed by atoms with Crippen molar-refractivity contribution in [2.45, 2.75) is 26.8 Å². The third-order valence-electron chi connectivity index (χ3n) is 5.02. The van der Waals surface area contributed by atoms with Crippen molar-refractivity contribution in [2.24, 2.45) is 0 Å². The van der Waals surface area contributed by atoms with Crippen molar-refractivity contribution in [2.75, 3.05) is 37.7 Å². The molecule has 27 heavy (non-hydrogen) atoms. The largest absolute Gasteiger partial charge is 0.463 e. The Balaban J connectivity index is 2.03. The molecule has 2 aliphatic heterocycles. The third-order valence-corrected chi connectivity index (χ3v) is 6.01. The molecule has 3 rings (SSSR count). The molecular weight excluding hydrogens is 362 g/mol. The first-order chi connectivity index (χ1) is 13.0. The molecule has 1 saturated heterocycles. The van der Waals surface area contributed by atoms with Gasteiger partial charge in [0.1, 0.15) is 6.54 Å². The van der Waals surface area contributed by atoms with Gasteiger partial charge in [-0.05, 0) is 31.9 Å². The number of quaternary nitrogens is 1. The number of nitrogens with one attached hydrogen (secondary N) is 3. The summed E-state index contributed by atoms with van der Waals surface area (Å²) >= 11 is 1.95. The average molecular weight is 391 g/mol. The van der Waals surface area contributed by atoms with Crippen LogP contribution in [0.25, 0.3) is 0 Å². The summed E-state index contributed by atoms with van der Waals surface area (Å²) in [7, 11) is 0. The van der Waals surface area contributed by atoms with Crippen LogP contribution in [0.15, 0.2) is 29.5 Å². The Labute approximate surface area is 164 Å². The second-order valence-corrected chi connectivity index (χ2v) is 8.27. The van der Waals surface area contributed by atoms with Crippen LogP contribution in [0, 0.1) is 13.8 Å². The number of carbonyl (C=O) groups excluding carboxylic acids is 2. The summed E-state index contributed by atoms with van der Waals surface area (Å²) in [5.74, 6) is 1.84. The van der Waals surface area contributed by atoms with Gasteiger partial charge in [-0.15, -0.1) is 0 Å². The monoisotopic (exact) mass is 390 g/mol. The fourth-order valence-corrected chi connectivity index (χ4v) is 4.67. The van der Waals surface area contributed by atoms with Crippen LogP contribution in [0.1, 0.15) is 29.7 Å². The number of amides is 2. The van der Waals surface area contributed by atoms with Gasteiger partial charge in [0.05, 0.1) is 37.0 Å². The van der Waals surface area contributed by atoms with Crippen molar-refractivity contribution in [1.82, 2.24) is 10.6 Å². The Morgan fingerprint density at radius 1 is 1.30 bits per heavy atom. The second-order valence-electron chi connectivity index (χ2n) is 7.04. The van der Waals surface area contributed by atoms with Crippen molar-refractivity contribution in [3.05, 3.63) is 46.2 Å². The Morgan fingerprint density at radius 3 is 2.74 bits per heavy atom. The first kappa shape index (κ1) is 19.8. The zero-order valence-electron chi connectivity index (χ0n) is 16.2. The standard InChI is InChI=1S/C20H27N3O3S/c1-4-26-19(24)17-16(12-23-7-9-27-10-8-23)21-20(25)22-18(17)15-11-13(2)5-6-14(15)3/h5-6,11,18H,4,7-10,12H2,1-3H3,(H2,21,22,25)/p+1/t18-/m1/s1. The number of hydrogen-bond donors (Lipinski definition) is 3. The molecule has 2 heterocycles. The van der Waals surface area contributed by atoms with Gasteiger partial charge < -0.3 is 20.3 Å². The Morgan fingerprint density at radius 2 is 2.04 bits per heavy atom. The van der Waals surface area contributed by atoms with E-state index in [4.69, 9.17) is 4.74 Å². The predicted molar refractivity (Wildman–Crippen MR) is 107 cm³/mol. The van der Waals surface area contributed by atoms with Crippen molar-refractivity contribution < 1.29 is 19.2 Å². The zero-order valence-corrected chi connectivity index (χ0v) is 17.0. The number of rotatable bonds is 5. The van der Waals surface area contributed by atoms with Gasteiger partial charge in [0.2, 0.25) is 0 Å². The number of hydrogen-bond acceptors (Lipinski definition) is 4. The number of carbonyl (C=O) groups is 2. The summed E-state index contributed by atoms with van der Waals surface area (Å²) in [6, 6.07) is 5.33. The highest BCUT2D eigenvalue weighted by atomic mass is 32.2. The Bertz CT molecular complexity index is 757. The van der Waals surface area contributed by atoms with E-state index in [-0.39, 0.29) is 12.0 Å². The van der Waals surface area contributed by atoms with Crippen LogP contribution < -0.4 is 15.5 Å². The van der Waals surface area contributed by atoms with Gasteiger partial charge in [0, 0.05) is 11.5 Å². The summed E-state index contributed by atoms with van der Waals surface area (Å²) in [5.41, 5.74) is 4.28. The van der Waals surface area contributed by atoms with Crippen LogP contribution in [-0.4, -0.2) is 49.7 Å². The van der Waals surface area contributed by atoms with Gasteiger partial charge in [-0.25, -0.2) is 9.59 Å². The fourth-order valence-electron chi connectivity index (χ4n) is 3.60. The normalized spacial score (nSPS) is 20.9. The summed E-state index contributed by atoms with van der Waals surface area (Å²) in [4.78, 5) is 26.6. The van der Waals surface area contributed by atoms with E-state index < -0.39 is 6.04 Å². The maximum absolute atomic E-state index is 12.9. The number of thioether (sulfide) groups is 1. The molecule has 1 atom stereocenters. The minimum absolute atomic E-state index is 0.269. The number of urea groups is 1. The number of ether oxygens (including phenoxy) is 1. The summed E-state index contributed by atoms with van der Waals surface area (Å²) < 4.78 is 5.36. The molecule has 2 aliphatic rings. The van der Waals surface area contributed by atoms with Gasteiger partial charge in [-0.2, -0.15) is 11.8 Å². The van der Waals surface area contributed by atoms with Gasteiger partial charge in [0.25, 0.3) is 0 Å². The van der Waals surface area contributed by atoms with Crippen molar-refractivity contribution >= 4 is 23.8 Å². The van der Waals surface area contributed by atoms with Crippen molar-refractivity contribution in [1.29, 1.82) is 0 Å². The van der Waals surface area contributed by atoms with E-state index in [2.05, 4.69) is 10.6 Å². The maximum atomic E-state index is 12.9. The van der Waals surface area contributed by atoms with Crippen LogP contribution in [0.4, 0.5) is 4.79 Å². The first-order valence-corrected chi connectivity index (χ1v) is 10.6. The van der Waals surface area contributed by atoms with Crippen LogP contribution in [0.2, 0.25) is 0 Å². The fraction of sp³-hybridized carbons (Fsp3) is 0.500.